The highest BCUT2D eigenvalue weighted by Gasteiger charge is 2.32. The highest BCUT2D eigenvalue weighted by Crippen LogP contribution is 2.32. The molecule has 0 amide bonds. The molecule has 9 heteroatoms. The molecule has 132 valence electrons. The van der Waals surface area contributed by atoms with Crippen molar-refractivity contribution in [2.24, 2.45) is 5.10 Å². The summed E-state index contributed by atoms with van der Waals surface area (Å²) in [6.45, 7) is 0.0295. The summed E-state index contributed by atoms with van der Waals surface area (Å²) in [5.74, 6) is -1.51. The van der Waals surface area contributed by atoms with Gasteiger partial charge in [-0.25, -0.2) is 13.8 Å². The quantitative estimate of drug-likeness (QED) is 0.775. The normalized spacial score (nSPS) is 16.8. The van der Waals surface area contributed by atoms with Gasteiger partial charge in [0.05, 0.1) is 12.6 Å². The van der Waals surface area contributed by atoms with Gasteiger partial charge < -0.3 is 9.51 Å². The predicted octanol–water partition coefficient (Wildman–Crippen LogP) is 2.39. The Kier molecular flexibility index (Phi) is 4.04. The van der Waals surface area contributed by atoms with E-state index in [2.05, 4.69) is 20.2 Å². The third-order valence-electron chi connectivity index (χ3n) is 4.10. The maximum Gasteiger partial charge on any atom is 0.251 e. The molecule has 1 N–H and O–H groups in total. The van der Waals surface area contributed by atoms with Gasteiger partial charge in [-0.2, -0.15) is 5.10 Å². The number of aromatic nitrogens is 3. The van der Waals surface area contributed by atoms with Gasteiger partial charge in [-0.1, -0.05) is 17.3 Å². The Morgan fingerprint density at radius 1 is 1.27 bits per heavy atom. The third kappa shape index (κ3) is 2.99. The minimum Gasteiger partial charge on any atom is -0.364 e. The second-order valence-electron chi connectivity index (χ2n) is 5.78. The zero-order valence-corrected chi connectivity index (χ0v) is 13.4. The monoisotopic (exact) mass is 357 g/mol. The van der Waals surface area contributed by atoms with Crippen molar-refractivity contribution in [1.29, 1.82) is 0 Å². The molecule has 4 rings (SSSR count). The van der Waals surface area contributed by atoms with Crippen LogP contribution in [0.2, 0.25) is 0 Å². The highest BCUT2D eigenvalue weighted by molar-refractivity contribution is 5.98. The molecule has 0 radical (unpaired) electrons. The fourth-order valence-electron chi connectivity index (χ4n) is 2.86. The number of nitrogens with zero attached hydrogens (tertiary/aromatic N) is 4. The van der Waals surface area contributed by atoms with Crippen LogP contribution in [-0.4, -0.2) is 25.8 Å². The van der Waals surface area contributed by atoms with Gasteiger partial charge in [0.25, 0.3) is 5.56 Å². The van der Waals surface area contributed by atoms with Crippen molar-refractivity contribution in [3.05, 3.63) is 81.9 Å². The van der Waals surface area contributed by atoms with Crippen LogP contribution in [0.5, 0.6) is 0 Å². The van der Waals surface area contributed by atoms with Crippen molar-refractivity contribution >= 4 is 5.71 Å². The summed E-state index contributed by atoms with van der Waals surface area (Å²) in [6, 6.07) is 6.62. The summed E-state index contributed by atoms with van der Waals surface area (Å²) in [5, 5.41) is 9.96. The first kappa shape index (κ1) is 16.1. The number of benzene rings is 1. The average Bonchev–Trinajstić information content (AvgIpc) is 3.28. The fraction of sp³-hybridized carbons (Fsp3) is 0.176. The molecule has 0 fully saturated rings. The summed E-state index contributed by atoms with van der Waals surface area (Å²) in [6.07, 6.45) is 3.20. The van der Waals surface area contributed by atoms with Crippen molar-refractivity contribution in [2.75, 3.05) is 0 Å². The van der Waals surface area contributed by atoms with Gasteiger partial charge in [-0.3, -0.25) is 9.80 Å². The van der Waals surface area contributed by atoms with Crippen LogP contribution in [0.1, 0.15) is 29.5 Å². The van der Waals surface area contributed by atoms with Crippen LogP contribution in [0, 0.1) is 11.6 Å². The van der Waals surface area contributed by atoms with Crippen molar-refractivity contribution < 1.29 is 13.3 Å². The molecule has 1 aliphatic heterocycles. The molecule has 1 aromatic carbocycles. The molecule has 0 spiro atoms. The first-order chi connectivity index (χ1) is 12.6. The lowest BCUT2D eigenvalue weighted by Gasteiger charge is -2.22. The van der Waals surface area contributed by atoms with E-state index in [9.17, 15) is 13.6 Å². The Morgan fingerprint density at radius 2 is 2.15 bits per heavy atom. The zero-order chi connectivity index (χ0) is 18.1. The van der Waals surface area contributed by atoms with Gasteiger partial charge in [0, 0.05) is 30.3 Å². The lowest BCUT2D eigenvalue weighted by atomic mass is 10.1. The standard InChI is InChI=1S/C17H13F2N5O2/c18-11-3-1-2-10(16(11)19)9-24-14(12-5-7-26-23-12)8-13(22-24)17-20-6-4-15(25)21-17/h1-7,14H,8-9H2,(H,20,21,25). The van der Waals surface area contributed by atoms with Crippen LogP contribution in [0.4, 0.5) is 8.78 Å². The summed E-state index contributed by atoms with van der Waals surface area (Å²) in [4.78, 5) is 18.3. The summed E-state index contributed by atoms with van der Waals surface area (Å²) in [7, 11) is 0. The molecular weight excluding hydrogens is 344 g/mol. The lowest BCUT2D eigenvalue weighted by Crippen LogP contribution is -2.20. The molecule has 1 unspecified atom stereocenters. The van der Waals surface area contributed by atoms with Gasteiger partial charge in [-0.05, 0) is 6.07 Å². The Hall–Kier alpha value is -3.36. The molecular formula is C17H13F2N5O2. The first-order valence-corrected chi connectivity index (χ1v) is 7.85. The number of H-pyrrole nitrogens is 1. The zero-order valence-electron chi connectivity index (χ0n) is 13.4. The van der Waals surface area contributed by atoms with E-state index in [1.807, 2.05) is 0 Å². The molecule has 0 bridgehead atoms. The van der Waals surface area contributed by atoms with E-state index in [1.165, 1.54) is 30.7 Å². The minimum atomic E-state index is -0.919. The second kappa shape index (κ2) is 6.51. The van der Waals surface area contributed by atoms with Crippen molar-refractivity contribution in [3.63, 3.8) is 0 Å². The Morgan fingerprint density at radius 3 is 2.92 bits per heavy atom. The first-order valence-electron chi connectivity index (χ1n) is 7.85. The molecule has 3 heterocycles. The van der Waals surface area contributed by atoms with E-state index in [0.29, 0.717) is 23.7 Å². The largest absolute Gasteiger partial charge is 0.364 e. The lowest BCUT2D eigenvalue weighted by molar-refractivity contribution is 0.211. The molecule has 3 aromatic rings. The van der Waals surface area contributed by atoms with Crippen LogP contribution in [0.15, 0.2) is 57.2 Å². The smallest absolute Gasteiger partial charge is 0.251 e. The third-order valence-corrected chi connectivity index (χ3v) is 4.10. The van der Waals surface area contributed by atoms with Crippen LogP contribution in [0.3, 0.4) is 0 Å². The molecule has 1 aliphatic rings. The van der Waals surface area contributed by atoms with Gasteiger partial charge in [-0.15, -0.1) is 0 Å². The van der Waals surface area contributed by atoms with Crippen molar-refractivity contribution in [1.82, 2.24) is 20.1 Å². The maximum atomic E-state index is 14.1. The topological polar surface area (TPSA) is 87.4 Å². The summed E-state index contributed by atoms with van der Waals surface area (Å²) in [5.41, 5.74) is 0.981. The molecule has 0 saturated heterocycles. The van der Waals surface area contributed by atoms with E-state index in [4.69, 9.17) is 4.52 Å². The van der Waals surface area contributed by atoms with E-state index < -0.39 is 11.6 Å². The van der Waals surface area contributed by atoms with Gasteiger partial charge in [0.15, 0.2) is 17.5 Å². The van der Waals surface area contributed by atoms with Crippen molar-refractivity contribution in [3.8, 4) is 0 Å². The molecule has 0 saturated carbocycles. The predicted molar refractivity (Wildman–Crippen MR) is 87.2 cm³/mol. The van der Waals surface area contributed by atoms with Crippen LogP contribution in [-0.2, 0) is 6.54 Å². The van der Waals surface area contributed by atoms with Gasteiger partial charge >= 0.3 is 0 Å². The number of hydrogen-bond acceptors (Lipinski definition) is 6. The second-order valence-corrected chi connectivity index (χ2v) is 5.78. The fourth-order valence-corrected chi connectivity index (χ4v) is 2.86. The summed E-state index contributed by atoms with van der Waals surface area (Å²) >= 11 is 0. The van der Waals surface area contributed by atoms with E-state index >= 15 is 0 Å². The molecule has 2 aromatic heterocycles. The Balaban J connectivity index is 1.70. The minimum absolute atomic E-state index is 0.0295. The number of rotatable bonds is 4. The highest BCUT2D eigenvalue weighted by atomic mass is 19.2. The molecule has 26 heavy (non-hydrogen) atoms. The van der Waals surface area contributed by atoms with Gasteiger partial charge in [0.1, 0.15) is 17.7 Å². The Bertz CT molecular complexity index is 1020. The van der Waals surface area contributed by atoms with E-state index in [-0.39, 0.29) is 23.7 Å². The van der Waals surface area contributed by atoms with E-state index in [1.54, 1.807) is 11.1 Å². The number of hydrazone groups is 1. The molecule has 0 aliphatic carbocycles. The number of halogens is 2. The van der Waals surface area contributed by atoms with Crippen molar-refractivity contribution in [2.45, 2.75) is 19.0 Å². The number of nitrogens with one attached hydrogen (secondary N) is 1. The average molecular weight is 357 g/mol. The van der Waals surface area contributed by atoms with Crippen LogP contribution >= 0.6 is 0 Å². The van der Waals surface area contributed by atoms with Crippen LogP contribution in [0.25, 0.3) is 0 Å². The Labute approximate surface area is 146 Å². The number of aromatic amines is 1. The summed E-state index contributed by atoms with van der Waals surface area (Å²) < 4.78 is 32.5. The molecule has 7 nitrogen and oxygen atoms in total. The van der Waals surface area contributed by atoms with E-state index in [0.717, 1.165) is 6.07 Å². The maximum absolute atomic E-state index is 14.1. The van der Waals surface area contributed by atoms with Gasteiger partial charge in [0.2, 0.25) is 0 Å². The molecule has 1 atom stereocenters. The van der Waals surface area contributed by atoms with Crippen LogP contribution < -0.4 is 5.56 Å². The SMILES string of the molecule is O=c1ccnc(C2=NN(Cc3cccc(F)c3F)C(c3ccon3)C2)[nH]1. The number of hydrogen-bond donors (Lipinski definition) is 1.